The Labute approximate surface area is 150 Å². The second-order valence-electron chi connectivity index (χ2n) is 5.39. The van der Waals surface area contributed by atoms with E-state index in [2.05, 4.69) is 10.5 Å². The number of amides is 1. The molecular formula is C20H16N2O4. The minimum absolute atomic E-state index is 0.0149. The highest BCUT2D eigenvalue weighted by molar-refractivity contribution is 5.97. The van der Waals surface area contributed by atoms with Gasteiger partial charge in [-0.05, 0) is 42.0 Å². The number of ether oxygens (including phenoxy) is 1. The number of rotatable bonds is 5. The van der Waals surface area contributed by atoms with Crippen molar-refractivity contribution in [2.75, 3.05) is 0 Å². The van der Waals surface area contributed by atoms with Crippen LogP contribution in [0.25, 0.3) is 0 Å². The van der Waals surface area contributed by atoms with Crippen LogP contribution in [0.15, 0.2) is 77.9 Å². The molecule has 0 atom stereocenters. The van der Waals surface area contributed by atoms with Crippen molar-refractivity contribution in [2.24, 2.45) is 5.10 Å². The van der Waals surface area contributed by atoms with E-state index in [9.17, 15) is 15.0 Å². The Morgan fingerprint density at radius 2 is 1.69 bits per heavy atom. The van der Waals surface area contributed by atoms with Gasteiger partial charge in [0.25, 0.3) is 5.91 Å². The number of phenols is 2. The van der Waals surface area contributed by atoms with Gasteiger partial charge in [-0.25, -0.2) is 5.43 Å². The second-order valence-corrected chi connectivity index (χ2v) is 5.39. The normalized spacial score (nSPS) is 10.6. The molecule has 1 amide bonds. The largest absolute Gasteiger partial charge is 0.508 e. The molecule has 0 aliphatic rings. The van der Waals surface area contributed by atoms with E-state index in [4.69, 9.17) is 4.74 Å². The molecule has 6 nitrogen and oxygen atoms in total. The maximum atomic E-state index is 12.0. The summed E-state index contributed by atoms with van der Waals surface area (Å²) in [7, 11) is 0. The molecule has 0 aliphatic carbocycles. The molecule has 0 fully saturated rings. The summed E-state index contributed by atoms with van der Waals surface area (Å²) in [6.45, 7) is 0. The first kappa shape index (κ1) is 17.0. The molecule has 0 bridgehead atoms. The fraction of sp³-hybridized carbons (Fsp3) is 0. The summed E-state index contributed by atoms with van der Waals surface area (Å²) in [6, 6.07) is 20.3. The van der Waals surface area contributed by atoms with Gasteiger partial charge in [0.1, 0.15) is 23.0 Å². The maximum Gasteiger partial charge on any atom is 0.275 e. The van der Waals surface area contributed by atoms with Gasteiger partial charge >= 0.3 is 0 Å². The highest BCUT2D eigenvalue weighted by atomic mass is 16.5. The number of nitrogens with zero attached hydrogens (tertiary/aromatic N) is 1. The lowest BCUT2D eigenvalue weighted by Gasteiger charge is -2.06. The predicted octanol–water partition coefficient (Wildman–Crippen LogP) is 3.65. The molecule has 0 heterocycles. The van der Waals surface area contributed by atoms with Crippen LogP contribution in [0.4, 0.5) is 0 Å². The summed E-state index contributed by atoms with van der Waals surface area (Å²) in [4.78, 5) is 12.0. The van der Waals surface area contributed by atoms with Gasteiger partial charge in [-0.1, -0.05) is 30.3 Å². The smallest absolute Gasteiger partial charge is 0.275 e. The van der Waals surface area contributed by atoms with E-state index in [1.54, 1.807) is 6.07 Å². The van der Waals surface area contributed by atoms with Crippen molar-refractivity contribution < 1.29 is 19.7 Å². The lowest BCUT2D eigenvalue weighted by atomic mass is 10.2. The summed E-state index contributed by atoms with van der Waals surface area (Å²) in [5, 5.41) is 22.8. The molecule has 0 radical (unpaired) electrons. The lowest BCUT2D eigenvalue weighted by Crippen LogP contribution is -2.17. The summed E-state index contributed by atoms with van der Waals surface area (Å²) < 4.78 is 5.74. The van der Waals surface area contributed by atoms with E-state index in [0.717, 1.165) is 17.4 Å². The van der Waals surface area contributed by atoms with Crippen LogP contribution in [-0.4, -0.2) is 22.3 Å². The minimum Gasteiger partial charge on any atom is -0.508 e. The Balaban J connectivity index is 1.65. The van der Waals surface area contributed by atoms with Crippen molar-refractivity contribution in [3.8, 4) is 23.0 Å². The van der Waals surface area contributed by atoms with Crippen LogP contribution >= 0.6 is 0 Å². The van der Waals surface area contributed by atoms with Crippen LogP contribution in [0.2, 0.25) is 0 Å². The summed E-state index contributed by atoms with van der Waals surface area (Å²) in [5.74, 6) is 0.324. The molecule has 0 saturated carbocycles. The summed E-state index contributed by atoms with van der Waals surface area (Å²) in [5.41, 5.74) is 3.07. The van der Waals surface area contributed by atoms with Crippen molar-refractivity contribution >= 4 is 12.1 Å². The molecule has 3 aromatic rings. The molecule has 0 aromatic heterocycles. The zero-order chi connectivity index (χ0) is 18.4. The number of hydrogen-bond acceptors (Lipinski definition) is 5. The zero-order valence-electron chi connectivity index (χ0n) is 13.7. The van der Waals surface area contributed by atoms with E-state index in [1.807, 2.05) is 48.5 Å². The van der Waals surface area contributed by atoms with Gasteiger partial charge in [-0.15, -0.1) is 0 Å². The number of hydrogen-bond donors (Lipinski definition) is 3. The molecule has 0 spiro atoms. The summed E-state index contributed by atoms with van der Waals surface area (Å²) in [6.07, 6.45) is 1.47. The van der Waals surface area contributed by atoms with E-state index >= 15 is 0 Å². The molecule has 26 heavy (non-hydrogen) atoms. The van der Waals surface area contributed by atoms with Gasteiger partial charge in [0.05, 0.1) is 11.8 Å². The average Bonchev–Trinajstić information content (AvgIpc) is 2.63. The molecule has 0 aliphatic heterocycles. The first-order valence-corrected chi connectivity index (χ1v) is 7.80. The van der Waals surface area contributed by atoms with E-state index in [1.165, 1.54) is 18.3 Å². The van der Waals surface area contributed by atoms with Crippen molar-refractivity contribution in [2.45, 2.75) is 0 Å². The number of aromatic hydroxyl groups is 2. The van der Waals surface area contributed by atoms with Crippen molar-refractivity contribution in [3.05, 3.63) is 83.9 Å². The monoisotopic (exact) mass is 348 g/mol. The Morgan fingerprint density at radius 1 is 0.923 bits per heavy atom. The van der Waals surface area contributed by atoms with Gasteiger partial charge in [0.15, 0.2) is 0 Å². The molecule has 6 heteroatoms. The molecular weight excluding hydrogens is 332 g/mol. The van der Waals surface area contributed by atoms with Gasteiger partial charge in [0, 0.05) is 6.07 Å². The fourth-order valence-electron chi connectivity index (χ4n) is 2.22. The van der Waals surface area contributed by atoms with Crippen LogP contribution in [0.3, 0.4) is 0 Å². The Bertz CT molecular complexity index is 940. The average molecular weight is 348 g/mol. The highest BCUT2D eigenvalue weighted by Gasteiger charge is 2.10. The number of carbonyl (C=O) groups excluding carboxylic acids is 1. The molecule has 0 unspecified atom stereocenters. The van der Waals surface area contributed by atoms with Crippen molar-refractivity contribution in [3.63, 3.8) is 0 Å². The number of benzene rings is 3. The molecule has 0 saturated heterocycles. The number of carbonyl (C=O) groups is 1. The standard InChI is InChI=1S/C20H16N2O4/c23-15-9-10-18(19(24)12-15)20(25)22-21-13-14-5-4-8-17(11-14)26-16-6-2-1-3-7-16/h1-13,23-24H,(H,22,25)/b21-13-. The molecule has 3 aromatic carbocycles. The second kappa shape index (κ2) is 7.85. The lowest BCUT2D eigenvalue weighted by molar-refractivity contribution is 0.0952. The van der Waals surface area contributed by atoms with Crippen molar-refractivity contribution in [1.82, 2.24) is 5.43 Å². The van der Waals surface area contributed by atoms with Crippen LogP contribution in [0, 0.1) is 0 Å². The van der Waals surface area contributed by atoms with Crippen molar-refractivity contribution in [1.29, 1.82) is 0 Å². The fourth-order valence-corrected chi connectivity index (χ4v) is 2.22. The first-order chi connectivity index (χ1) is 12.6. The summed E-state index contributed by atoms with van der Waals surface area (Å²) >= 11 is 0. The van der Waals surface area contributed by atoms with Gasteiger partial charge in [0.2, 0.25) is 0 Å². The Kier molecular flexibility index (Phi) is 5.14. The predicted molar refractivity (Wildman–Crippen MR) is 97.8 cm³/mol. The molecule has 3 rings (SSSR count). The van der Waals surface area contributed by atoms with Crippen LogP contribution < -0.4 is 10.2 Å². The van der Waals surface area contributed by atoms with E-state index in [-0.39, 0.29) is 17.1 Å². The van der Waals surface area contributed by atoms with E-state index < -0.39 is 5.91 Å². The molecule has 130 valence electrons. The van der Waals surface area contributed by atoms with Crippen LogP contribution in [0.1, 0.15) is 15.9 Å². The Morgan fingerprint density at radius 3 is 2.46 bits per heavy atom. The SMILES string of the molecule is O=C(N/N=C\c1cccc(Oc2ccccc2)c1)c1ccc(O)cc1O. The first-order valence-electron chi connectivity index (χ1n) is 7.80. The van der Waals surface area contributed by atoms with Gasteiger partial charge < -0.3 is 14.9 Å². The quantitative estimate of drug-likeness (QED) is 0.485. The van der Waals surface area contributed by atoms with Gasteiger partial charge in [-0.2, -0.15) is 5.10 Å². The third-order valence-corrected chi connectivity index (χ3v) is 3.44. The molecule has 3 N–H and O–H groups in total. The highest BCUT2D eigenvalue weighted by Crippen LogP contribution is 2.23. The third kappa shape index (κ3) is 4.39. The third-order valence-electron chi connectivity index (χ3n) is 3.44. The number of hydrazone groups is 1. The topological polar surface area (TPSA) is 91.2 Å². The maximum absolute atomic E-state index is 12.0. The van der Waals surface area contributed by atoms with Gasteiger partial charge in [-0.3, -0.25) is 4.79 Å². The number of para-hydroxylation sites is 1. The number of phenolic OH excluding ortho intramolecular Hbond substituents is 2. The zero-order valence-corrected chi connectivity index (χ0v) is 13.7. The number of nitrogens with one attached hydrogen (secondary N) is 1. The van der Waals surface area contributed by atoms with E-state index in [0.29, 0.717) is 5.75 Å². The minimum atomic E-state index is -0.588. The van der Waals surface area contributed by atoms with Crippen LogP contribution in [-0.2, 0) is 0 Å². The van der Waals surface area contributed by atoms with Crippen LogP contribution in [0.5, 0.6) is 23.0 Å². The Hall–Kier alpha value is -3.80.